The lowest BCUT2D eigenvalue weighted by molar-refractivity contribution is 0.179. The second kappa shape index (κ2) is 11.6. The van der Waals surface area contributed by atoms with Gasteiger partial charge >= 0.3 is 0 Å². The minimum absolute atomic E-state index is 0.211. The maximum atomic E-state index is 6.86. The van der Waals surface area contributed by atoms with E-state index in [0.717, 1.165) is 22.4 Å². The van der Waals surface area contributed by atoms with Crippen LogP contribution in [0.15, 0.2) is 150 Å². The van der Waals surface area contributed by atoms with Gasteiger partial charge in [-0.2, -0.15) is 0 Å². The van der Waals surface area contributed by atoms with Gasteiger partial charge in [0.2, 0.25) is 0 Å². The molecule has 4 heteroatoms. The fourth-order valence-electron chi connectivity index (χ4n) is 9.92. The summed E-state index contributed by atoms with van der Waals surface area (Å²) in [5.41, 5.74) is 6.96. The van der Waals surface area contributed by atoms with E-state index in [-0.39, 0.29) is 12.1 Å². The van der Waals surface area contributed by atoms with Crippen LogP contribution in [-0.4, -0.2) is 26.6 Å². The van der Waals surface area contributed by atoms with Gasteiger partial charge in [0.1, 0.15) is 11.9 Å². The zero-order valence-corrected chi connectivity index (χ0v) is 29.8. The molecule has 0 spiro atoms. The highest BCUT2D eigenvalue weighted by atomic mass is 32.1. The third-order valence-corrected chi connectivity index (χ3v) is 15.4. The molecule has 0 N–H and O–H groups in total. The van der Waals surface area contributed by atoms with Crippen LogP contribution in [0.1, 0.15) is 37.2 Å². The van der Waals surface area contributed by atoms with Crippen LogP contribution in [0, 0.1) is 17.8 Å². The van der Waals surface area contributed by atoms with E-state index < -0.39 is 0 Å². The van der Waals surface area contributed by atoms with Crippen molar-refractivity contribution in [3.8, 4) is 0 Å². The number of rotatable bonds is 4. The van der Waals surface area contributed by atoms with Crippen molar-refractivity contribution < 1.29 is 4.74 Å². The molecule has 7 aliphatic rings. The fraction of sp³-hybridized carbons (Fsp3) is 0.261. The molecule has 5 aliphatic carbocycles. The lowest BCUT2D eigenvalue weighted by Crippen LogP contribution is -2.38. The summed E-state index contributed by atoms with van der Waals surface area (Å²) in [5, 5.41) is 5.42. The fourth-order valence-corrected chi connectivity index (χ4v) is 13.1. The van der Waals surface area contributed by atoms with Crippen LogP contribution in [0.5, 0.6) is 0 Å². The van der Waals surface area contributed by atoms with Gasteiger partial charge in [0, 0.05) is 49.7 Å². The Labute approximate surface area is 300 Å². The first-order chi connectivity index (χ1) is 24.7. The van der Waals surface area contributed by atoms with Crippen molar-refractivity contribution in [3.05, 3.63) is 166 Å². The van der Waals surface area contributed by atoms with Crippen LogP contribution < -0.4 is 9.75 Å². The standard InChI is InChI=1S/C46H39NOSSi/c1-2-8-30-25-31(14-13-28(30)7-1)29-15-17-32(18-16-29)47(33-19-22-42-38(26-33)36-10-4-6-12-41(36)49-42)34-20-23-43-39(27-34)45-44(50-43)24-21-37-35-9-3-5-11-40(35)48-46(37)45/h1-15,17-18,20,22-23,25-27,29,33,35,37,39-40,43-44H,16,19,21,24H2. The van der Waals surface area contributed by atoms with Gasteiger partial charge in [-0.1, -0.05) is 115 Å². The molecule has 244 valence electrons. The van der Waals surface area contributed by atoms with Gasteiger partial charge in [-0.15, -0.1) is 11.3 Å². The van der Waals surface area contributed by atoms with Gasteiger partial charge in [-0.25, -0.2) is 0 Å². The molecule has 8 unspecified atom stereocenters. The van der Waals surface area contributed by atoms with Crippen molar-refractivity contribution in [2.75, 3.05) is 0 Å². The molecule has 2 saturated heterocycles. The molecule has 0 amide bonds. The molecule has 0 saturated carbocycles. The molecule has 2 nitrogen and oxygen atoms in total. The van der Waals surface area contributed by atoms with Crippen LogP contribution in [0.4, 0.5) is 0 Å². The van der Waals surface area contributed by atoms with E-state index in [9.17, 15) is 0 Å². The smallest absolute Gasteiger partial charge is 0.124 e. The topological polar surface area (TPSA) is 12.5 Å². The summed E-state index contributed by atoms with van der Waals surface area (Å²) in [6, 6.07) is 24.9. The van der Waals surface area contributed by atoms with E-state index in [1.807, 2.05) is 11.3 Å². The van der Waals surface area contributed by atoms with Crippen LogP contribution >= 0.6 is 11.3 Å². The van der Waals surface area contributed by atoms with Crippen LogP contribution in [-0.2, 0) is 4.74 Å². The molecule has 0 bridgehead atoms. The number of hydrogen-bond acceptors (Lipinski definition) is 3. The number of hydrogen-bond donors (Lipinski definition) is 0. The minimum atomic E-state index is 0.211. The normalized spacial score (nSPS) is 31.5. The van der Waals surface area contributed by atoms with Crippen molar-refractivity contribution in [2.24, 2.45) is 17.8 Å². The van der Waals surface area contributed by atoms with Crippen LogP contribution in [0.3, 0.4) is 0 Å². The first-order valence-electron chi connectivity index (χ1n) is 18.5. The third kappa shape index (κ3) is 4.64. The Hall–Kier alpha value is -4.38. The number of fused-ring (bicyclic) bond motifs is 10. The predicted octanol–water partition coefficient (Wildman–Crippen LogP) is 9.49. The zero-order chi connectivity index (χ0) is 32.8. The second-order valence-electron chi connectivity index (χ2n) is 15.0. The Kier molecular flexibility index (Phi) is 6.80. The Bertz CT molecular complexity index is 2420. The molecule has 11 rings (SSSR count). The average molecular weight is 682 g/mol. The molecule has 2 radical (unpaired) electrons. The molecule has 3 aromatic carbocycles. The highest BCUT2D eigenvalue weighted by molar-refractivity contribution is 7.17. The maximum absolute atomic E-state index is 6.86. The monoisotopic (exact) mass is 681 g/mol. The van der Waals surface area contributed by atoms with Crippen LogP contribution in [0.25, 0.3) is 33.0 Å². The quantitative estimate of drug-likeness (QED) is 0.199. The Morgan fingerprint density at radius 3 is 2.60 bits per heavy atom. The number of ether oxygens (including phenoxy) is 1. The highest BCUT2D eigenvalue weighted by Crippen LogP contribution is 2.58. The highest BCUT2D eigenvalue weighted by Gasteiger charge is 2.50. The molecule has 4 aromatic rings. The van der Waals surface area contributed by atoms with Gasteiger partial charge in [-0.05, 0) is 88.2 Å². The van der Waals surface area contributed by atoms with Crippen molar-refractivity contribution in [3.63, 3.8) is 0 Å². The SMILES string of the molecule is C1=CC2OC3=C4C(CCC3C2C=C1)[Si]C1C=CC(N(C2=CCC(c3ccc5ccccc5c3)C=C2)C2C=c3c(sc5ccccc35)=CC2)=CC41. The predicted molar refractivity (Wildman–Crippen MR) is 209 cm³/mol. The van der Waals surface area contributed by atoms with E-state index in [2.05, 4.69) is 145 Å². The lowest BCUT2D eigenvalue weighted by Gasteiger charge is -2.38. The Balaban J connectivity index is 0.988. The van der Waals surface area contributed by atoms with Gasteiger partial charge < -0.3 is 9.64 Å². The van der Waals surface area contributed by atoms with Gasteiger partial charge in [0.05, 0.1) is 15.6 Å². The van der Waals surface area contributed by atoms with E-state index >= 15 is 0 Å². The average Bonchev–Trinajstić information content (AvgIpc) is 3.86. The van der Waals surface area contributed by atoms with Gasteiger partial charge in [0.15, 0.2) is 0 Å². The molecule has 8 atom stereocenters. The van der Waals surface area contributed by atoms with E-state index in [1.165, 1.54) is 66.2 Å². The molecule has 2 aliphatic heterocycles. The lowest BCUT2D eigenvalue weighted by atomic mass is 9.75. The Morgan fingerprint density at radius 1 is 0.780 bits per heavy atom. The summed E-state index contributed by atoms with van der Waals surface area (Å²) in [6.45, 7) is 0. The summed E-state index contributed by atoms with van der Waals surface area (Å²) < 4.78 is 9.66. The molecular formula is C46H39NOSSi. The minimum Gasteiger partial charge on any atom is -0.490 e. The zero-order valence-electron chi connectivity index (χ0n) is 28.0. The maximum Gasteiger partial charge on any atom is 0.124 e. The number of benzene rings is 3. The molecule has 3 heterocycles. The Morgan fingerprint density at radius 2 is 1.66 bits per heavy atom. The molecule has 1 aromatic heterocycles. The van der Waals surface area contributed by atoms with E-state index in [4.69, 9.17) is 4.74 Å². The van der Waals surface area contributed by atoms with Gasteiger partial charge in [-0.3, -0.25) is 0 Å². The summed E-state index contributed by atoms with van der Waals surface area (Å²) in [4.78, 5) is 2.68. The van der Waals surface area contributed by atoms with Crippen molar-refractivity contribution in [2.45, 2.75) is 54.8 Å². The molecular weight excluding hydrogens is 643 g/mol. The summed E-state index contributed by atoms with van der Waals surface area (Å²) in [7, 11) is 0.948. The number of nitrogens with zero attached hydrogens (tertiary/aromatic N) is 1. The largest absolute Gasteiger partial charge is 0.490 e. The first-order valence-corrected chi connectivity index (χ1v) is 20.5. The third-order valence-electron chi connectivity index (χ3n) is 12.3. The van der Waals surface area contributed by atoms with E-state index in [0.29, 0.717) is 34.8 Å². The van der Waals surface area contributed by atoms with Crippen molar-refractivity contribution >= 4 is 53.9 Å². The van der Waals surface area contributed by atoms with E-state index in [1.54, 1.807) is 5.57 Å². The number of allylic oxidation sites excluding steroid dienone is 10. The number of thiophene rings is 1. The summed E-state index contributed by atoms with van der Waals surface area (Å²) >= 11 is 1.93. The molecule has 50 heavy (non-hydrogen) atoms. The van der Waals surface area contributed by atoms with Crippen molar-refractivity contribution in [1.82, 2.24) is 4.90 Å². The summed E-state index contributed by atoms with van der Waals surface area (Å²) in [6.07, 6.45) is 34.0. The first kappa shape index (κ1) is 29.4. The van der Waals surface area contributed by atoms with Crippen molar-refractivity contribution in [1.29, 1.82) is 0 Å². The second-order valence-corrected chi connectivity index (χ2v) is 17.8. The summed E-state index contributed by atoms with van der Waals surface area (Å²) in [5.74, 6) is 3.20. The van der Waals surface area contributed by atoms with Gasteiger partial charge in [0.25, 0.3) is 0 Å². The van der Waals surface area contributed by atoms with Crippen LogP contribution in [0.2, 0.25) is 11.1 Å². The molecule has 2 fully saturated rings.